The van der Waals surface area contributed by atoms with Crippen LogP contribution in [-0.2, 0) is 19.3 Å². The zero-order valence-electron chi connectivity index (χ0n) is 15.5. The molecule has 4 rings (SSSR count). The maximum atomic E-state index is 10.3. The van der Waals surface area contributed by atoms with Gasteiger partial charge in [-0.2, -0.15) is 0 Å². The van der Waals surface area contributed by atoms with Crippen molar-refractivity contribution < 1.29 is 9.84 Å². The molecule has 2 aromatic rings. The van der Waals surface area contributed by atoms with E-state index in [1.165, 1.54) is 32.9 Å². The van der Waals surface area contributed by atoms with E-state index in [0.29, 0.717) is 23.8 Å². The van der Waals surface area contributed by atoms with Crippen LogP contribution in [0.2, 0.25) is 0 Å². The summed E-state index contributed by atoms with van der Waals surface area (Å²) in [5.41, 5.74) is 4.13. The predicted molar refractivity (Wildman–Crippen MR) is 103 cm³/mol. The molecule has 25 heavy (non-hydrogen) atoms. The van der Waals surface area contributed by atoms with E-state index in [4.69, 9.17) is 4.74 Å². The average Bonchev–Trinajstić information content (AvgIpc) is 2.96. The Hall–Kier alpha value is -1.52. The maximum absolute atomic E-state index is 10.3. The van der Waals surface area contributed by atoms with Gasteiger partial charge < -0.3 is 9.84 Å². The first-order chi connectivity index (χ1) is 12.0. The molecule has 1 N–H and O–H groups in total. The number of phenolic OH excluding ortho intramolecular Hbond substituents is 1. The molecule has 0 saturated carbocycles. The molecule has 1 aromatic carbocycles. The Labute approximate surface area is 154 Å². The number of rotatable bonds is 3. The molecule has 2 aliphatic rings. The molecule has 2 unspecified atom stereocenters. The van der Waals surface area contributed by atoms with Crippen LogP contribution in [0.25, 0.3) is 0 Å². The zero-order chi connectivity index (χ0) is 17.7. The van der Waals surface area contributed by atoms with E-state index in [2.05, 4.69) is 31.7 Å². The summed E-state index contributed by atoms with van der Waals surface area (Å²) < 4.78 is 5.30. The van der Waals surface area contributed by atoms with Crippen molar-refractivity contribution in [1.82, 2.24) is 4.90 Å². The highest BCUT2D eigenvalue weighted by molar-refractivity contribution is 7.12. The van der Waals surface area contributed by atoms with Crippen LogP contribution in [-0.4, -0.2) is 23.7 Å². The minimum absolute atomic E-state index is 0.258. The number of ether oxygens (including phenoxy) is 1. The summed E-state index contributed by atoms with van der Waals surface area (Å²) in [6, 6.07) is 7.23. The second-order valence-electron chi connectivity index (χ2n) is 7.80. The smallest absolute Gasteiger partial charge is 0.160 e. The summed E-state index contributed by atoms with van der Waals surface area (Å²) in [5, 5.41) is 10.3. The van der Waals surface area contributed by atoms with Gasteiger partial charge in [-0.1, -0.05) is 13.8 Å². The molecule has 0 aliphatic carbocycles. The van der Waals surface area contributed by atoms with Crippen LogP contribution in [0.15, 0.2) is 18.2 Å². The summed E-state index contributed by atoms with van der Waals surface area (Å²) in [7, 11) is 1.62. The summed E-state index contributed by atoms with van der Waals surface area (Å²) in [5.74, 6) is 1.54. The van der Waals surface area contributed by atoms with Crippen molar-refractivity contribution in [1.29, 1.82) is 0 Å². The second-order valence-corrected chi connectivity index (χ2v) is 9.02. The lowest BCUT2D eigenvalue weighted by molar-refractivity contribution is 0.119. The maximum Gasteiger partial charge on any atom is 0.160 e. The molecule has 0 radical (unpaired) electrons. The van der Waals surface area contributed by atoms with E-state index in [1.807, 2.05) is 23.5 Å². The van der Waals surface area contributed by atoms with Crippen molar-refractivity contribution in [2.24, 2.45) is 5.92 Å². The van der Waals surface area contributed by atoms with Crippen molar-refractivity contribution in [3.63, 3.8) is 0 Å². The first-order valence-corrected chi connectivity index (χ1v) is 10.1. The van der Waals surface area contributed by atoms with E-state index in [1.54, 1.807) is 7.11 Å². The minimum Gasteiger partial charge on any atom is -0.504 e. The Kier molecular flexibility index (Phi) is 4.28. The van der Waals surface area contributed by atoms with E-state index in [9.17, 15) is 5.11 Å². The molecule has 4 heteroatoms. The van der Waals surface area contributed by atoms with Gasteiger partial charge in [0.25, 0.3) is 0 Å². The molecule has 3 heterocycles. The van der Waals surface area contributed by atoms with Crippen molar-refractivity contribution in [3.05, 3.63) is 44.6 Å². The third kappa shape index (κ3) is 2.85. The molecule has 2 atom stereocenters. The van der Waals surface area contributed by atoms with Crippen molar-refractivity contribution in [2.45, 2.75) is 52.1 Å². The van der Waals surface area contributed by atoms with E-state index in [0.717, 1.165) is 19.4 Å². The fourth-order valence-corrected chi connectivity index (χ4v) is 5.97. The SMILES string of the molecule is COc1cc2c(cc1O)C1Cc3sc(CC(C)C)cc3C(C)N1CC2. The van der Waals surface area contributed by atoms with Gasteiger partial charge in [-0.3, -0.25) is 4.90 Å². The Morgan fingerprint density at radius 3 is 2.80 bits per heavy atom. The van der Waals surface area contributed by atoms with E-state index >= 15 is 0 Å². The highest BCUT2D eigenvalue weighted by atomic mass is 32.1. The van der Waals surface area contributed by atoms with Gasteiger partial charge in [-0.15, -0.1) is 11.3 Å². The van der Waals surface area contributed by atoms with E-state index in [-0.39, 0.29) is 5.75 Å². The van der Waals surface area contributed by atoms with Crippen LogP contribution in [0.5, 0.6) is 11.5 Å². The summed E-state index contributed by atoms with van der Waals surface area (Å²) in [6.07, 6.45) is 3.25. The van der Waals surface area contributed by atoms with Crippen LogP contribution in [0.3, 0.4) is 0 Å². The standard InChI is InChI=1S/C21H27NO2S/c1-12(2)7-15-9-16-13(3)22-6-5-14-8-20(24-4)19(23)10-17(14)18(22)11-21(16)25-15/h8-10,12-13,18,23H,5-7,11H2,1-4H3. The molecule has 0 bridgehead atoms. The lowest BCUT2D eigenvalue weighted by Gasteiger charge is -2.44. The number of hydrogen-bond acceptors (Lipinski definition) is 4. The topological polar surface area (TPSA) is 32.7 Å². The summed E-state index contributed by atoms with van der Waals surface area (Å²) >= 11 is 2.00. The van der Waals surface area contributed by atoms with Crippen LogP contribution in [0, 0.1) is 5.92 Å². The van der Waals surface area contributed by atoms with Gasteiger partial charge in [-0.25, -0.2) is 0 Å². The number of thiophene rings is 1. The number of benzene rings is 1. The molecular weight excluding hydrogens is 330 g/mol. The Morgan fingerprint density at radius 2 is 2.08 bits per heavy atom. The molecule has 0 saturated heterocycles. The Morgan fingerprint density at radius 1 is 1.28 bits per heavy atom. The quantitative estimate of drug-likeness (QED) is 0.850. The molecule has 134 valence electrons. The van der Waals surface area contributed by atoms with Gasteiger partial charge in [0.2, 0.25) is 0 Å². The number of nitrogens with zero attached hydrogens (tertiary/aromatic N) is 1. The molecular formula is C21H27NO2S. The lowest BCUT2D eigenvalue weighted by Crippen LogP contribution is -2.41. The van der Waals surface area contributed by atoms with Crippen LogP contribution >= 0.6 is 11.3 Å². The van der Waals surface area contributed by atoms with Gasteiger partial charge in [0.15, 0.2) is 11.5 Å². The number of fused-ring (bicyclic) bond motifs is 4. The molecule has 0 spiro atoms. The zero-order valence-corrected chi connectivity index (χ0v) is 16.3. The van der Waals surface area contributed by atoms with E-state index < -0.39 is 0 Å². The first-order valence-electron chi connectivity index (χ1n) is 9.25. The lowest BCUT2D eigenvalue weighted by atomic mass is 9.84. The third-order valence-electron chi connectivity index (χ3n) is 5.67. The molecule has 1 aromatic heterocycles. The summed E-state index contributed by atoms with van der Waals surface area (Å²) in [4.78, 5) is 5.67. The number of phenols is 1. The predicted octanol–water partition coefficient (Wildman–Crippen LogP) is 4.88. The molecule has 0 fully saturated rings. The minimum atomic E-state index is 0.258. The van der Waals surface area contributed by atoms with Gasteiger partial charge >= 0.3 is 0 Å². The van der Waals surface area contributed by atoms with Gasteiger partial charge in [0.1, 0.15) is 0 Å². The van der Waals surface area contributed by atoms with Gasteiger partial charge in [0.05, 0.1) is 7.11 Å². The van der Waals surface area contributed by atoms with Gasteiger partial charge in [0, 0.05) is 34.8 Å². The molecule has 2 aliphatic heterocycles. The largest absolute Gasteiger partial charge is 0.504 e. The van der Waals surface area contributed by atoms with Crippen LogP contribution in [0.1, 0.15) is 59.3 Å². The normalized spacial score (nSPS) is 22.4. The average molecular weight is 358 g/mol. The number of aromatic hydroxyl groups is 1. The monoisotopic (exact) mass is 357 g/mol. The van der Waals surface area contributed by atoms with Crippen LogP contribution < -0.4 is 4.74 Å². The van der Waals surface area contributed by atoms with Crippen molar-refractivity contribution in [3.8, 4) is 11.5 Å². The summed E-state index contributed by atoms with van der Waals surface area (Å²) in [6.45, 7) is 7.99. The van der Waals surface area contributed by atoms with Crippen molar-refractivity contribution >= 4 is 11.3 Å². The second kappa shape index (κ2) is 6.33. The van der Waals surface area contributed by atoms with Gasteiger partial charge in [-0.05, 0) is 60.6 Å². The number of hydrogen-bond donors (Lipinski definition) is 1. The first kappa shape index (κ1) is 16.9. The van der Waals surface area contributed by atoms with Crippen molar-refractivity contribution in [2.75, 3.05) is 13.7 Å². The Bertz CT molecular complexity index is 795. The fraction of sp³-hybridized carbons (Fsp3) is 0.524. The molecule has 0 amide bonds. The molecule has 3 nitrogen and oxygen atoms in total. The Balaban J connectivity index is 1.72. The fourth-order valence-electron chi connectivity index (χ4n) is 4.46. The van der Waals surface area contributed by atoms with Crippen LogP contribution in [0.4, 0.5) is 0 Å². The number of methoxy groups -OCH3 is 1. The highest BCUT2D eigenvalue weighted by Crippen LogP contribution is 2.48. The highest BCUT2D eigenvalue weighted by Gasteiger charge is 2.37. The third-order valence-corrected chi connectivity index (χ3v) is 6.86.